The highest BCUT2D eigenvalue weighted by Crippen LogP contribution is 2.15. The molecule has 0 aromatic carbocycles. The average molecular weight is 299 g/mol. The lowest BCUT2D eigenvalue weighted by Gasteiger charge is -2.26. The Morgan fingerprint density at radius 1 is 1.24 bits per heavy atom. The summed E-state index contributed by atoms with van der Waals surface area (Å²) in [6, 6.07) is 0.504. The van der Waals surface area contributed by atoms with E-state index in [1.165, 1.54) is 0 Å². The summed E-state index contributed by atoms with van der Waals surface area (Å²) in [6.45, 7) is 8.64. The summed E-state index contributed by atoms with van der Waals surface area (Å²) in [7, 11) is 0. The molecule has 1 rings (SSSR count). The third kappa shape index (κ3) is 6.33. The van der Waals surface area contributed by atoms with Crippen molar-refractivity contribution in [2.24, 2.45) is 0 Å². The van der Waals surface area contributed by atoms with E-state index in [0.29, 0.717) is 19.0 Å². The number of nitrogens with zero attached hydrogens (tertiary/aromatic N) is 2. The molecule has 0 aromatic heterocycles. The molecule has 21 heavy (non-hydrogen) atoms. The van der Waals surface area contributed by atoms with Crippen LogP contribution in [-0.2, 0) is 4.79 Å². The molecule has 2 amide bonds. The van der Waals surface area contributed by atoms with Gasteiger partial charge in [0.25, 0.3) is 0 Å². The van der Waals surface area contributed by atoms with E-state index in [1.807, 2.05) is 4.90 Å². The minimum Gasteiger partial charge on any atom is -0.481 e. The first-order valence-electron chi connectivity index (χ1n) is 8.07. The van der Waals surface area contributed by atoms with Gasteiger partial charge in [-0.15, -0.1) is 0 Å². The molecule has 1 fully saturated rings. The van der Waals surface area contributed by atoms with Gasteiger partial charge in [-0.05, 0) is 32.4 Å². The number of hydrogen-bond donors (Lipinski definition) is 2. The van der Waals surface area contributed by atoms with Crippen LogP contribution in [0.2, 0.25) is 0 Å². The molecule has 122 valence electrons. The van der Waals surface area contributed by atoms with Gasteiger partial charge in [-0.25, -0.2) is 4.79 Å². The minimum atomic E-state index is -0.751. The number of likely N-dealkylation sites (tertiary alicyclic amines) is 1. The molecule has 6 nitrogen and oxygen atoms in total. The number of carboxylic acid groups (broad SMARTS) is 1. The van der Waals surface area contributed by atoms with E-state index < -0.39 is 5.97 Å². The Morgan fingerprint density at radius 3 is 2.57 bits per heavy atom. The second-order valence-corrected chi connectivity index (χ2v) is 5.55. The van der Waals surface area contributed by atoms with Gasteiger partial charge in [-0.1, -0.05) is 20.3 Å². The number of nitrogens with one attached hydrogen (secondary N) is 1. The largest absolute Gasteiger partial charge is 0.481 e. The molecule has 0 bridgehead atoms. The van der Waals surface area contributed by atoms with Crippen LogP contribution in [0.1, 0.15) is 46.0 Å². The third-order valence-corrected chi connectivity index (χ3v) is 4.12. The maximum absolute atomic E-state index is 12.0. The van der Waals surface area contributed by atoms with Crippen molar-refractivity contribution in [2.75, 3.05) is 32.7 Å². The smallest absolute Gasteiger partial charge is 0.317 e. The number of rotatable bonds is 9. The number of unbranched alkanes of at least 4 members (excludes halogenated alkanes) is 2. The molecule has 6 heteroatoms. The molecule has 1 aliphatic rings. The molecule has 1 heterocycles. The standard InChI is InChI=1S/C15H29N3O3/c1-3-17(4-2)13-9-11-18(12-13)15(21)16-10-7-5-6-8-14(19)20/h13H,3-12H2,1-2H3,(H,16,21)(H,19,20). The second kappa shape index (κ2) is 9.60. The van der Waals surface area contributed by atoms with Crippen LogP contribution < -0.4 is 5.32 Å². The van der Waals surface area contributed by atoms with Gasteiger partial charge in [-0.3, -0.25) is 9.69 Å². The first kappa shape index (κ1) is 17.8. The predicted molar refractivity (Wildman–Crippen MR) is 82.4 cm³/mol. The molecular weight excluding hydrogens is 270 g/mol. The zero-order valence-corrected chi connectivity index (χ0v) is 13.3. The Balaban J connectivity index is 2.14. The number of carbonyl (C=O) groups is 2. The fourth-order valence-electron chi connectivity index (χ4n) is 2.85. The minimum absolute atomic E-state index is 0.0166. The topological polar surface area (TPSA) is 72.9 Å². The molecule has 1 aliphatic heterocycles. The van der Waals surface area contributed by atoms with E-state index in [9.17, 15) is 9.59 Å². The Bertz CT molecular complexity index is 332. The van der Waals surface area contributed by atoms with Crippen molar-refractivity contribution in [3.8, 4) is 0 Å². The normalized spacial score (nSPS) is 18.2. The van der Waals surface area contributed by atoms with Crippen LogP contribution in [0.5, 0.6) is 0 Å². The maximum Gasteiger partial charge on any atom is 0.317 e. The summed E-state index contributed by atoms with van der Waals surface area (Å²) in [5.74, 6) is -0.751. The van der Waals surface area contributed by atoms with Crippen LogP contribution in [0.4, 0.5) is 4.79 Å². The van der Waals surface area contributed by atoms with Crippen LogP contribution in [0, 0.1) is 0 Å². The summed E-state index contributed by atoms with van der Waals surface area (Å²) < 4.78 is 0. The summed E-state index contributed by atoms with van der Waals surface area (Å²) in [5.41, 5.74) is 0. The van der Waals surface area contributed by atoms with Gasteiger partial charge in [0.05, 0.1) is 0 Å². The van der Waals surface area contributed by atoms with E-state index >= 15 is 0 Å². The van der Waals surface area contributed by atoms with E-state index in [-0.39, 0.29) is 12.5 Å². The van der Waals surface area contributed by atoms with Crippen LogP contribution in [-0.4, -0.2) is 65.7 Å². The van der Waals surface area contributed by atoms with Crippen molar-refractivity contribution < 1.29 is 14.7 Å². The fourth-order valence-corrected chi connectivity index (χ4v) is 2.85. The first-order valence-corrected chi connectivity index (χ1v) is 8.07. The highest BCUT2D eigenvalue weighted by Gasteiger charge is 2.28. The van der Waals surface area contributed by atoms with E-state index in [2.05, 4.69) is 24.1 Å². The number of likely N-dealkylation sites (N-methyl/N-ethyl adjacent to an activating group) is 1. The van der Waals surface area contributed by atoms with Crippen molar-refractivity contribution >= 4 is 12.0 Å². The van der Waals surface area contributed by atoms with E-state index in [0.717, 1.165) is 45.4 Å². The molecule has 0 spiro atoms. The van der Waals surface area contributed by atoms with Crippen LogP contribution in [0.25, 0.3) is 0 Å². The number of urea groups is 1. The molecule has 1 saturated heterocycles. The number of hydrogen-bond acceptors (Lipinski definition) is 3. The van der Waals surface area contributed by atoms with Gasteiger partial charge >= 0.3 is 12.0 Å². The van der Waals surface area contributed by atoms with Crippen molar-refractivity contribution in [1.29, 1.82) is 0 Å². The van der Waals surface area contributed by atoms with Gasteiger partial charge in [0.1, 0.15) is 0 Å². The van der Waals surface area contributed by atoms with Crippen molar-refractivity contribution in [3.05, 3.63) is 0 Å². The zero-order valence-electron chi connectivity index (χ0n) is 13.3. The summed E-state index contributed by atoms with van der Waals surface area (Å²) >= 11 is 0. The first-order chi connectivity index (χ1) is 10.1. The number of carbonyl (C=O) groups excluding carboxylic acids is 1. The Kier molecular flexibility index (Phi) is 8.12. The molecule has 2 N–H and O–H groups in total. The fraction of sp³-hybridized carbons (Fsp3) is 0.867. The molecule has 1 atom stereocenters. The molecular formula is C15H29N3O3. The number of aliphatic carboxylic acids is 1. The number of amides is 2. The Hall–Kier alpha value is -1.30. The highest BCUT2D eigenvalue weighted by atomic mass is 16.4. The van der Waals surface area contributed by atoms with Crippen LogP contribution in [0.15, 0.2) is 0 Å². The maximum atomic E-state index is 12.0. The van der Waals surface area contributed by atoms with Crippen molar-refractivity contribution in [2.45, 2.75) is 52.0 Å². The summed E-state index contributed by atoms with van der Waals surface area (Å²) in [4.78, 5) is 26.7. The monoisotopic (exact) mass is 299 g/mol. The molecule has 0 radical (unpaired) electrons. The van der Waals surface area contributed by atoms with E-state index in [4.69, 9.17) is 5.11 Å². The number of carboxylic acids is 1. The quantitative estimate of drug-likeness (QED) is 0.636. The lowest BCUT2D eigenvalue weighted by atomic mass is 10.2. The van der Waals surface area contributed by atoms with Gasteiger partial charge in [0, 0.05) is 32.1 Å². The van der Waals surface area contributed by atoms with Crippen molar-refractivity contribution in [1.82, 2.24) is 15.1 Å². The molecule has 0 aromatic rings. The average Bonchev–Trinajstić information content (AvgIpc) is 2.93. The van der Waals surface area contributed by atoms with Gasteiger partial charge in [0.2, 0.25) is 0 Å². The predicted octanol–water partition coefficient (Wildman–Crippen LogP) is 1.76. The summed E-state index contributed by atoms with van der Waals surface area (Å²) in [5, 5.41) is 11.5. The SMILES string of the molecule is CCN(CC)C1CCN(C(=O)NCCCCCC(=O)O)C1. The lowest BCUT2D eigenvalue weighted by molar-refractivity contribution is -0.137. The molecule has 1 unspecified atom stereocenters. The Labute approximate surface area is 127 Å². The van der Waals surface area contributed by atoms with Gasteiger partial charge in [0.15, 0.2) is 0 Å². The second-order valence-electron chi connectivity index (χ2n) is 5.55. The third-order valence-electron chi connectivity index (χ3n) is 4.12. The van der Waals surface area contributed by atoms with Crippen LogP contribution >= 0.6 is 0 Å². The van der Waals surface area contributed by atoms with Gasteiger partial charge < -0.3 is 15.3 Å². The van der Waals surface area contributed by atoms with Crippen LogP contribution in [0.3, 0.4) is 0 Å². The Morgan fingerprint density at radius 2 is 1.95 bits per heavy atom. The highest BCUT2D eigenvalue weighted by molar-refractivity contribution is 5.74. The lowest BCUT2D eigenvalue weighted by Crippen LogP contribution is -2.42. The molecule has 0 saturated carbocycles. The summed E-state index contributed by atoms with van der Waals surface area (Å²) in [6.07, 6.45) is 3.62. The van der Waals surface area contributed by atoms with E-state index in [1.54, 1.807) is 0 Å². The zero-order chi connectivity index (χ0) is 15.7. The van der Waals surface area contributed by atoms with Crippen molar-refractivity contribution in [3.63, 3.8) is 0 Å². The molecule has 0 aliphatic carbocycles. The van der Waals surface area contributed by atoms with Gasteiger partial charge in [-0.2, -0.15) is 0 Å².